The van der Waals surface area contributed by atoms with Crippen LogP contribution in [-0.4, -0.2) is 42.3 Å². The Balaban J connectivity index is 2.23. The monoisotopic (exact) mass is 321 g/mol. The Morgan fingerprint density at radius 3 is 2.41 bits per heavy atom. The molecule has 116 valence electrons. The van der Waals surface area contributed by atoms with E-state index in [2.05, 4.69) is 4.74 Å². The van der Waals surface area contributed by atoms with Gasteiger partial charge >= 0.3 is 5.97 Å². The summed E-state index contributed by atoms with van der Waals surface area (Å²) in [5.74, 6) is -0.429. The number of methoxy groups -OCH3 is 2. The fourth-order valence-corrected chi connectivity index (χ4v) is 2.85. The second kappa shape index (κ2) is 6.65. The molecule has 1 atom stereocenters. The lowest BCUT2D eigenvalue weighted by molar-refractivity contribution is -0.148. The maximum atomic E-state index is 12.3. The van der Waals surface area contributed by atoms with E-state index >= 15 is 0 Å². The van der Waals surface area contributed by atoms with Gasteiger partial charge in [0.05, 0.1) is 19.1 Å². The second-order valence-electron chi connectivity index (χ2n) is 4.52. The number of imide groups is 1. The normalized spacial score (nSPS) is 17.8. The van der Waals surface area contributed by atoms with Crippen LogP contribution >= 0.6 is 11.8 Å². The van der Waals surface area contributed by atoms with Crippen LogP contribution in [0, 0.1) is 0 Å². The van der Waals surface area contributed by atoms with Gasteiger partial charge in [-0.05, 0) is 42.5 Å². The Hall–Kier alpha value is -2.28. The molecular formula is C15H15NO5S. The van der Waals surface area contributed by atoms with Gasteiger partial charge in [-0.1, -0.05) is 12.1 Å². The zero-order chi connectivity index (χ0) is 16.3. The topological polar surface area (TPSA) is 72.9 Å². The predicted molar refractivity (Wildman–Crippen MR) is 82.3 cm³/mol. The van der Waals surface area contributed by atoms with Crippen molar-refractivity contribution in [2.24, 2.45) is 0 Å². The van der Waals surface area contributed by atoms with Gasteiger partial charge in [0.25, 0.3) is 11.1 Å². The molecule has 1 heterocycles. The number of thioether (sulfide) groups is 1. The van der Waals surface area contributed by atoms with Gasteiger partial charge < -0.3 is 9.47 Å². The summed E-state index contributed by atoms with van der Waals surface area (Å²) in [6.45, 7) is 1.46. The van der Waals surface area contributed by atoms with Crippen LogP contribution in [0.15, 0.2) is 29.2 Å². The Labute approximate surface area is 132 Å². The van der Waals surface area contributed by atoms with E-state index in [1.54, 1.807) is 37.5 Å². The fourth-order valence-electron chi connectivity index (χ4n) is 1.94. The van der Waals surface area contributed by atoms with E-state index in [-0.39, 0.29) is 4.91 Å². The van der Waals surface area contributed by atoms with Crippen LogP contribution in [0.2, 0.25) is 0 Å². The van der Waals surface area contributed by atoms with Crippen LogP contribution in [-0.2, 0) is 14.3 Å². The molecule has 22 heavy (non-hydrogen) atoms. The summed E-state index contributed by atoms with van der Waals surface area (Å²) < 4.78 is 9.63. The number of carbonyl (C=O) groups excluding carboxylic acids is 3. The number of hydrogen-bond acceptors (Lipinski definition) is 6. The lowest BCUT2D eigenvalue weighted by Crippen LogP contribution is -2.42. The van der Waals surface area contributed by atoms with Gasteiger partial charge in [0.15, 0.2) is 0 Å². The molecule has 1 unspecified atom stereocenters. The van der Waals surface area contributed by atoms with Gasteiger partial charge in [-0.3, -0.25) is 14.5 Å². The SMILES string of the molecule is COC(=O)C(C)N1C(=O)SC(=Cc2ccc(OC)cc2)C1=O. The van der Waals surface area contributed by atoms with Crippen LogP contribution in [0.4, 0.5) is 4.79 Å². The maximum Gasteiger partial charge on any atom is 0.328 e. The number of rotatable bonds is 4. The van der Waals surface area contributed by atoms with Crippen LogP contribution in [0.1, 0.15) is 12.5 Å². The summed E-state index contributed by atoms with van der Waals surface area (Å²) in [5, 5.41) is -0.484. The third-order valence-corrected chi connectivity index (χ3v) is 4.05. The van der Waals surface area contributed by atoms with E-state index in [4.69, 9.17) is 4.74 Å². The van der Waals surface area contributed by atoms with Gasteiger partial charge in [0, 0.05) is 0 Å². The highest BCUT2D eigenvalue weighted by atomic mass is 32.2. The molecule has 2 amide bonds. The molecule has 0 N–H and O–H groups in total. The van der Waals surface area contributed by atoms with Crippen LogP contribution < -0.4 is 4.74 Å². The first-order chi connectivity index (χ1) is 10.5. The molecule has 0 aliphatic carbocycles. The molecule has 1 aromatic rings. The number of nitrogens with zero attached hydrogens (tertiary/aromatic N) is 1. The zero-order valence-corrected chi connectivity index (χ0v) is 13.2. The number of carbonyl (C=O) groups is 3. The first-order valence-electron chi connectivity index (χ1n) is 6.47. The summed E-state index contributed by atoms with van der Waals surface area (Å²) >= 11 is 0.802. The molecule has 1 saturated heterocycles. The third-order valence-electron chi connectivity index (χ3n) is 3.17. The predicted octanol–water partition coefficient (Wildman–Crippen LogP) is 2.29. The van der Waals surface area contributed by atoms with E-state index in [0.717, 1.165) is 22.2 Å². The number of esters is 1. The van der Waals surface area contributed by atoms with Crippen molar-refractivity contribution in [1.29, 1.82) is 0 Å². The molecule has 0 saturated carbocycles. The lowest BCUT2D eigenvalue weighted by atomic mass is 10.2. The van der Waals surface area contributed by atoms with Gasteiger partial charge in [0.2, 0.25) is 0 Å². The average Bonchev–Trinajstić information content (AvgIpc) is 2.80. The third kappa shape index (κ3) is 3.14. The van der Waals surface area contributed by atoms with E-state index < -0.39 is 23.2 Å². The van der Waals surface area contributed by atoms with Gasteiger partial charge in [-0.15, -0.1) is 0 Å². The van der Waals surface area contributed by atoms with E-state index in [1.807, 2.05) is 0 Å². The minimum atomic E-state index is -0.945. The van der Waals surface area contributed by atoms with Crippen molar-refractivity contribution in [3.63, 3.8) is 0 Å². The molecule has 6 nitrogen and oxygen atoms in total. The highest BCUT2D eigenvalue weighted by Gasteiger charge is 2.41. The number of benzene rings is 1. The Morgan fingerprint density at radius 1 is 1.23 bits per heavy atom. The highest BCUT2D eigenvalue weighted by Crippen LogP contribution is 2.33. The van der Waals surface area contributed by atoms with Crippen LogP contribution in [0.25, 0.3) is 6.08 Å². The summed E-state index contributed by atoms with van der Waals surface area (Å²) in [7, 11) is 2.78. The van der Waals surface area contributed by atoms with Gasteiger partial charge in [-0.25, -0.2) is 4.79 Å². The molecular weight excluding hydrogens is 306 g/mol. The standard InChI is InChI=1S/C15H15NO5S/c1-9(14(18)21-3)16-13(17)12(22-15(16)19)8-10-4-6-11(20-2)7-5-10/h4-9H,1-3H3. The largest absolute Gasteiger partial charge is 0.497 e. The van der Waals surface area contributed by atoms with Crippen molar-refractivity contribution >= 4 is 35.0 Å². The minimum Gasteiger partial charge on any atom is -0.497 e. The fraction of sp³-hybridized carbons (Fsp3) is 0.267. The van der Waals surface area contributed by atoms with Crippen molar-refractivity contribution in [1.82, 2.24) is 4.90 Å². The van der Waals surface area contributed by atoms with E-state index in [9.17, 15) is 14.4 Å². The highest BCUT2D eigenvalue weighted by molar-refractivity contribution is 8.18. The van der Waals surface area contributed by atoms with Crippen molar-refractivity contribution < 1.29 is 23.9 Å². The number of hydrogen-bond donors (Lipinski definition) is 0. The Bertz CT molecular complexity index is 638. The zero-order valence-electron chi connectivity index (χ0n) is 12.4. The first kappa shape index (κ1) is 16.1. The lowest BCUT2D eigenvalue weighted by Gasteiger charge is -2.18. The molecule has 7 heteroatoms. The van der Waals surface area contributed by atoms with Crippen molar-refractivity contribution in [3.05, 3.63) is 34.7 Å². The Morgan fingerprint density at radius 2 is 1.86 bits per heavy atom. The smallest absolute Gasteiger partial charge is 0.328 e. The molecule has 1 aromatic carbocycles. The van der Waals surface area contributed by atoms with Gasteiger partial charge in [0.1, 0.15) is 11.8 Å². The van der Waals surface area contributed by atoms with E-state index in [1.165, 1.54) is 14.0 Å². The molecule has 1 aliphatic heterocycles. The minimum absolute atomic E-state index is 0.269. The van der Waals surface area contributed by atoms with Crippen LogP contribution in [0.3, 0.4) is 0 Å². The molecule has 1 fully saturated rings. The average molecular weight is 321 g/mol. The molecule has 0 radical (unpaired) electrons. The quantitative estimate of drug-likeness (QED) is 0.626. The molecule has 0 bridgehead atoms. The van der Waals surface area contributed by atoms with Crippen molar-refractivity contribution in [3.8, 4) is 5.75 Å². The summed E-state index contributed by atoms with van der Waals surface area (Å²) in [5.41, 5.74) is 0.761. The van der Waals surface area contributed by atoms with Gasteiger partial charge in [-0.2, -0.15) is 0 Å². The Kier molecular flexibility index (Phi) is 4.87. The number of ether oxygens (including phenoxy) is 2. The maximum absolute atomic E-state index is 12.3. The first-order valence-corrected chi connectivity index (χ1v) is 7.28. The summed E-state index contributed by atoms with van der Waals surface area (Å²) in [6, 6.07) is 6.12. The molecule has 2 rings (SSSR count). The summed E-state index contributed by atoms with van der Waals surface area (Å²) in [4.78, 5) is 36.9. The molecule has 1 aliphatic rings. The molecule has 0 aromatic heterocycles. The van der Waals surface area contributed by atoms with Crippen molar-refractivity contribution in [2.75, 3.05) is 14.2 Å². The summed E-state index contributed by atoms with van der Waals surface area (Å²) in [6.07, 6.45) is 1.61. The number of amides is 2. The van der Waals surface area contributed by atoms with E-state index in [0.29, 0.717) is 5.75 Å². The second-order valence-corrected chi connectivity index (χ2v) is 5.52. The van der Waals surface area contributed by atoms with Crippen LogP contribution in [0.5, 0.6) is 5.75 Å². The molecule has 0 spiro atoms. The van der Waals surface area contributed by atoms with Crippen molar-refractivity contribution in [2.45, 2.75) is 13.0 Å².